The van der Waals surface area contributed by atoms with Gasteiger partial charge < -0.3 is 9.47 Å². The van der Waals surface area contributed by atoms with E-state index in [2.05, 4.69) is 18.9 Å². The van der Waals surface area contributed by atoms with Crippen molar-refractivity contribution >= 4 is 0 Å². The Morgan fingerprint density at radius 1 is 1.27 bits per heavy atom. The van der Waals surface area contributed by atoms with Crippen LogP contribution in [-0.4, -0.2) is 45.5 Å². The summed E-state index contributed by atoms with van der Waals surface area (Å²) in [6.45, 7) is 4.22. The maximum Gasteiger partial charge on any atom is 0.0984 e. The van der Waals surface area contributed by atoms with Crippen LogP contribution in [0, 0.1) is 11.8 Å². The zero-order valence-electron chi connectivity index (χ0n) is 10.5. The molecule has 3 unspecified atom stereocenters. The molecule has 0 amide bonds. The van der Waals surface area contributed by atoms with Crippen molar-refractivity contribution in [2.75, 3.05) is 34.5 Å². The molecule has 90 valence electrons. The van der Waals surface area contributed by atoms with Gasteiger partial charge in [0.15, 0.2) is 0 Å². The van der Waals surface area contributed by atoms with Crippen LogP contribution in [0.15, 0.2) is 0 Å². The minimum atomic E-state index is 0.490. The lowest BCUT2D eigenvalue weighted by Gasteiger charge is -2.35. The molecule has 1 saturated carbocycles. The van der Waals surface area contributed by atoms with Gasteiger partial charge >= 0.3 is 0 Å². The molecule has 0 heterocycles. The van der Waals surface area contributed by atoms with E-state index in [1.165, 1.54) is 19.3 Å². The largest absolute Gasteiger partial charge is 0.381 e. The summed E-state index contributed by atoms with van der Waals surface area (Å²) >= 11 is 0. The van der Waals surface area contributed by atoms with Crippen LogP contribution < -0.4 is 0 Å². The SMILES string of the molecule is COCN(C)CC1CCC(OC)CC1C. The molecule has 1 aliphatic carbocycles. The second-order valence-electron chi connectivity index (χ2n) is 4.86. The lowest BCUT2D eigenvalue weighted by molar-refractivity contribution is 0.0118. The third-order valence-corrected chi connectivity index (χ3v) is 3.53. The number of nitrogens with zero attached hydrogens (tertiary/aromatic N) is 1. The molecule has 0 aromatic carbocycles. The highest BCUT2D eigenvalue weighted by atomic mass is 16.5. The van der Waals surface area contributed by atoms with Crippen molar-refractivity contribution in [3.63, 3.8) is 0 Å². The monoisotopic (exact) mass is 215 g/mol. The van der Waals surface area contributed by atoms with E-state index in [1.807, 2.05) is 7.11 Å². The molecule has 1 aliphatic rings. The van der Waals surface area contributed by atoms with E-state index >= 15 is 0 Å². The zero-order valence-corrected chi connectivity index (χ0v) is 10.5. The zero-order chi connectivity index (χ0) is 11.3. The Morgan fingerprint density at radius 2 is 2.00 bits per heavy atom. The summed E-state index contributed by atoms with van der Waals surface area (Å²) in [4.78, 5) is 2.26. The first-order valence-corrected chi connectivity index (χ1v) is 5.87. The van der Waals surface area contributed by atoms with Crippen molar-refractivity contribution < 1.29 is 9.47 Å². The lowest BCUT2D eigenvalue weighted by atomic mass is 9.79. The van der Waals surface area contributed by atoms with Gasteiger partial charge in [-0.3, -0.25) is 4.90 Å². The van der Waals surface area contributed by atoms with Crippen LogP contribution in [0.3, 0.4) is 0 Å². The Hall–Kier alpha value is -0.120. The highest BCUT2D eigenvalue weighted by molar-refractivity contribution is 4.79. The minimum absolute atomic E-state index is 0.490. The Balaban J connectivity index is 2.31. The highest BCUT2D eigenvalue weighted by Crippen LogP contribution is 2.31. The maximum atomic E-state index is 5.42. The van der Waals surface area contributed by atoms with E-state index < -0.39 is 0 Å². The molecule has 1 fully saturated rings. The number of hydrogen-bond acceptors (Lipinski definition) is 3. The second-order valence-corrected chi connectivity index (χ2v) is 4.86. The summed E-state index contributed by atoms with van der Waals surface area (Å²) in [7, 11) is 5.70. The first-order valence-electron chi connectivity index (χ1n) is 5.87. The van der Waals surface area contributed by atoms with E-state index in [-0.39, 0.29) is 0 Å². The van der Waals surface area contributed by atoms with Crippen molar-refractivity contribution in [2.24, 2.45) is 11.8 Å². The fraction of sp³-hybridized carbons (Fsp3) is 1.00. The second kappa shape index (κ2) is 6.46. The Labute approximate surface area is 93.7 Å². The molecule has 1 rings (SSSR count). The summed E-state index contributed by atoms with van der Waals surface area (Å²) in [6, 6.07) is 0. The van der Waals surface area contributed by atoms with Crippen molar-refractivity contribution in [2.45, 2.75) is 32.3 Å². The van der Waals surface area contributed by atoms with Gasteiger partial charge in [-0.2, -0.15) is 0 Å². The Morgan fingerprint density at radius 3 is 2.53 bits per heavy atom. The van der Waals surface area contributed by atoms with Gasteiger partial charge in [-0.1, -0.05) is 6.92 Å². The van der Waals surface area contributed by atoms with E-state index in [0.717, 1.165) is 25.1 Å². The van der Waals surface area contributed by atoms with Crippen molar-refractivity contribution in [3.8, 4) is 0 Å². The maximum absolute atomic E-state index is 5.42. The van der Waals surface area contributed by atoms with Crippen molar-refractivity contribution in [1.82, 2.24) is 4.90 Å². The first kappa shape index (κ1) is 12.9. The molecule has 0 bridgehead atoms. The molecule has 0 saturated heterocycles. The number of ether oxygens (including phenoxy) is 2. The van der Waals surface area contributed by atoms with E-state index in [1.54, 1.807) is 7.11 Å². The van der Waals surface area contributed by atoms with Crippen LogP contribution in [0.4, 0.5) is 0 Å². The normalized spacial score (nSPS) is 32.2. The van der Waals surface area contributed by atoms with Gasteiger partial charge in [-0.15, -0.1) is 0 Å². The van der Waals surface area contributed by atoms with E-state index in [9.17, 15) is 0 Å². The first-order chi connectivity index (χ1) is 7.17. The van der Waals surface area contributed by atoms with Crippen LogP contribution >= 0.6 is 0 Å². The van der Waals surface area contributed by atoms with E-state index in [0.29, 0.717) is 6.10 Å². The van der Waals surface area contributed by atoms with Crippen LogP contribution in [0.2, 0.25) is 0 Å². The highest BCUT2D eigenvalue weighted by Gasteiger charge is 2.27. The predicted molar refractivity (Wildman–Crippen MR) is 61.8 cm³/mol. The Kier molecular flexibility index (Phi) is 5.58. The van der Waals surface area contributed by atoms with Gasteiger partial charge in [-0.25, -0.2) is 0 Å². The van der Waals surface area contributed by atoms with Gasteiger partial charge in [0.1, 0.15) is 0 Å². The van der Waals surface area contributed by atoms with Crippen LogP contribution in [0.25, 0.3) is 0 Å². The third kappa shape index (κ3) is 4.09. The summed E-state index contributed by atoms with van der Waals surface area (Å²) < 4.78 is 10.5. The fourth-order valence-corrected chi connectivity index (χ4v) is 2.57. The Bertz CT molecular complexity index is 175. The molecule has 0 N–H and O–H groups in total. The molecule has 0 aliphatic heterocycles. The number of methoxy groups -OCH3 is 2. The summed E-state index contributed by atoms with van der Waals surface area (Å²) in [5, 5.41) is 0. The number of hydrogen-bond donors (Lipinski definition) is 0. The third-order valence-electron chi connectivity index (χ3n) is 3.53. The molecule has 0 aromatic heterocycles. The van der Waals surface area contributed by atoms with Crippen LogP contribution in [0.1, 0.15) is 26.2 Å². The van der Waals surface area contributed by atoms with E-state index in [4.69, 9.17) is 9.47 Å². The van der Waals surface area contributed by atoms with Crippen molar-refractivity contribution in [1.29, 1.82) is 0 Å². The average molecular weight is 215 g/mol. The standard InChI is InChI=1S/C12H25NO2/c1-10-7-12(15-4)6-5-11(10)8-13(2)9-14-3/h10-12H,5-9H2,1-4H3. The predicted octanol–water partition coefficient (Wildman–Crippen LogP) is 1.97. The summed E-state index contributed by atoms with van der Waals surface area (Å²) in [5.74, 6) is 1.57. The molecule has 0 spiro atoms. The summed E-state index contributed by atoms with van der Waals surface area (Å²) in [6.07, 6.45) is 4.20. The van der Waals surface area contributed by atoms with Crippen molar-refractivity contribution in [3.05, 3.63) is 0 Å². The smallest absolute Gasteiger partial charge is 0.0984 e. The molecule has 3 heteroatoms. The molecule has 0 aromatic rings. The quantitative estimate of drug-likeness (QED) is 0.655. The molecule has 0 radical (unpaired) electrons. The number of rotatable bonds is 5. The van der Waals surface area contributed by atoms with Gasteiger partial charge in [0.2, 0.25) is 0 Å². The van der Waals surface area contributed by atoms with Gasteiger partial charge in [0.05, 0.1) is 12.8 Å². The molecule has 3 atom stereocenters. The van der Waals surface area contributed by atoms with Gasteiger partial charge in [0.25, 0.3) is 0 Å². The fourth-order valence-electron chi connectivity index (χ4n) is 2.57. The summed E-state index contributed by atoms with van der Waals surface area (Å²) in [5.41, 5.74) is 0. The molecule has 15 heavy (non-hydrogen) atoms. The van der Waals surface area contributed by atoms with Crippen LogP contribution in [0.5, 0.6) is 0 Å². The molecule has 3 nitrogen and oxygen atoms in total. The van der Waals surface area contributed by atoms with Gasteiger partial charge in [-0.05, 0) is 38.1 Å². The topological polar surface area (TPSA) is 21.7 Å². The minimum Gasteiger partial charge on any atom is -0.381 e. The molecular formula is C12H25NO2. The average Bonchev–Trinajstić information content (AvgIpc) is 2.21. The van der Waals surface area contributed by atoms with Gasteiger partial charge in [0, 0.05) is 20.8 Å². The lowest BCUT2D eigenvalue weighted by Crippen LogP contribution is -2.35. The van der Waals surface area contributed by atoms with Crippen LogP contribution in [-0.2, 0) is 9.47 Å². The molecular weight excluding hydrogens is 190 g/mol.